The molecule has 2 atom stereocenters. The second-order valence-electron chi connectivity index (χ2n) is 5.11. The van der Waals surface area contributed by atoms with Gasteiger partial charge in [0.1, 0.15) is 6.10 Å². The van der Waals surface area contributed by atoms with Crippen molar-refractivity contribution in [2.24, 2.45) is 0 Å². The Balaban J connectivity index is 2.06. The van der Waals surface area contributed by atoms with Crippen molar-refractivity contribution in [2.45, 2.75) is 36.9 Å². The van der Waals surface area contributed by atoms with E-state index in [0.717, 1.165) is 18.4 Å². The number of methoxy groups -OCH3 is 1. The predicted molar refractivity (Wildman–Crippen MR) is 70.6 cm³/mol. The molecule has 0 saturated heterocycles. The van der Waals surface area contributed by atoms with E-state index < -0.39 is 18.2 Å². The number of benzene rings is 1. The molecule has 1 fully saturated rings. The van der Waals surface area contributed by atoms with Crippen molar-refractivity contribution < 1.29 is 19.7 Å². The number of aliphatic hydroxyl groups is 2. The van der Waals surface area contributed by atoms with Crippen LogP contribution >= 0.6 is 0 Å². The Kier molecular flexibility index (Phi) is 4.07. The molecule has 5 nitrogen and oxygen atoms in total. The van der Waals surface area contributed by atoms with E-state index in [1.54, 1.807) is 24.3 Å². The van der Waals surface area contributed by atoms with Gasteiger partial charge in [-0.1, -0.05) is 24.3 Å². The summed E-state index contributed by atoms with van der Waals surface area (Å²) in [5, 5.41) is 28.8. The molecule has 106 valence electrons. The van der Waals surface area contributed by atoms with Gasteiger partial charge < -0.3 is 14.9 Å². The Morgan fingerprint density at radius 1 is 1.40 bits per heavy atom. The minimum Gasteiger partial charge on any atom is -0.469 e. The highest BCUT2D eigenvalue weighted by Crippen LogP contribution is 2.47. The second kappa shape index (κ2) is 5.61. The fraction of sp³-hybridized carbons (Fsp3) is 0.467. The molecule has 0 heterocycles. The molecule has 1 aliphatic carbocycles. The molecule has 2 unspecified atom stereocenters. The normalized spacial score (nSPS) is 18.7. The molecular weight excluding hydrogens is 258 g/mol. The fourth-order valence-corrected chi connectivity index (χ4v) is 2.18. The van der Waals surface area contributed by atoms with Gasteiger partial charge in [-0.3, -0.25) is 4.79 Å². The predicted octanol–water partition coefficient (Wildman–Crippen LogP) is 1.20. The first-order chi connectivity index (χ1) is 9.52. The van der Waals surface area contributed by atoms with E-state index in [9.17, 15) is 15.0 Å². The topological polar surface area (TPSA) is 90.6 Å². The Labute approximate surface area is 117 Å². The van der Waals surface area contributed by atoms with Gasteiger partial charge in [-0.2, -0.15) is 5.26 Å². The lowest BCUT2D eigenvalue weighted by molar-refractivity contribution is -0.144. The molecule has 0 aromatic heterocycles. The highest BCUT2D eigenvalue weighted by molar-refractivity contribution is 5.69. The van der Waals surface area contributed by atoms with Crippen molar-refractivity contribution in [3.63, 3.8) is 0 Å². The van der Waals surface area contributed by atoms with Crippen molar-refractivity contribution in [1.82, 2.24) is 0 Å². The van der Waals surface area contributed by atoms with Crippen LogP contribution in [0.2, 0.25) is 0 Å². The molecule has 1 aliphatic rings. The number of carbonyl (C=O) groups excluding carboxylic acids is 1. The van der Waals surface area contributed by atoms with Gasteiger partial charge >= 0.3 is 5.97 Å². The van der Waals surface area contributed by atoms with Crippen molar-refractivity contribution in [3.05, 3.63) is 35.4 Å². The van der Waals surface area contributed by atoms with Crippen molar-refractivity contribution in [3.8, 4) is 6.07 Å². The van der Waals surface area contributed by atoms with Crippen molar-refractivity contribution in [2.75, 3.05) is 7.11 Å². The van der Waals surface area contributed by atoms with Gasteiger partial charge in [0, 0.05) is 0 Å². The highest BCUT2D eigenvalue weighted by atomic mass is 16.5. The van der Waals surface area contributed by atoms with Crippen LogP contribution in [-0.2, 0) is 14.9 Å². The maximum absolute atomic E-state index is 11.1. The number of nitrogens with zero attached hydrogens (tertiary/aromatic N) is 1. The average Bonchev–Trinajstić information content (AvgIpc) is 3.27. The Bertz CT molecular complexity index is 528. The van der Waals surface area contributed by atoms with Crippen LogP contribution in [0.3, 0.4) is 0 Å². The molecule has 2 rings (SSSR count). The maximum atomic E-state index is 11.1. The Morgan fingerprint density at radius 2 is 2.00 bits per heavy atom. The SMILES string of the molecule is COC(=O)CC(O)C(O)c1ccc(C2(C#N)CC2)cc1. The van der Waals surface area contributed by atoms with Crippen LogP contribution in [-0.4, -0.2) is 29.4 Å². The third kappa shape index (κ3) is 2.82. The van der Waals surface area contributed by atoms with E-state index in [-0.39, 0.29) is 11.8 Å². The molecule has 0 bridgehead atoms. The third-order valence-corrected chi connectivity index (χ3v) is 3.74. The van der Waals surface area contributed by atoms with Gasteiger partial charge in [0.05, 0.1) is 31.1 Å². The highest BCUT2D eigenvalue weighted by Gasteiger charge is 2.44. The van der Waals surface area contributed by atoms with E-state index in [1.165, 1.54) is 7.11 Å². The first-order valence-corrected chi connectivity index (χ1v) is 6.47. The van der Waals surface area contributed by atoms with Crippen molar-refractivity contribution in [1.29, 1.82) is 5.26 Å². The number of hydrogen-bond acceptors (Lipinski definition) is 5. The summed E-state index contributed by atoms with van der Waals surface area (Å²) in [4.78, 5) is 11.1. The van der Waals surface area contributed by atoms with Crippen LogP contribution in [0.4, 0.5) is 0 Å². The number of carbonyl (C=O) groups is 1. The monoisotopic (exact) mass is 275 g/mol. The first kappa shape index (κ1) is 14.5. The van der Waals surface area contributed by atoms with Gasteiger partial charge in [-0.15, -0.1) is 0 Å². The summed E-state index contributed by atoms with van der Waals surface area (Å²) >= 11 is 0. The summed E-state index contributed by atoms with van der Waals surface area (Å²) in [5.41, 5.74) is 1.07. The van der Waals surface area contributed by atoms with Gasteiger partial charge in [-0.05, 0) is 24.0 Å². The summed E-state index contributed by atoms with van der Waals surface area (Å²) in [7, 11) is 1.23. The average molecular weight is 275 g/mol. The lowest BCUT2D eigenvalue weighted by atomic mass is 9.94. The summed E-state index contributed by atoms with van der Waals surface area (Å²) < 4.78 is 4.45. The molecule has 5 heteroatoms. The van der Waals surface area contributed by atoms with Crippen LogP contribution in [0.5, 0.6) is 0 Å². The van der Waals surface area contributed by atoms with Crippen LogP contribution in [0.25, 0.3) is 0 Å². The Hall–Kier alpha value is -1.90. The summed E-state index contributed by atoms with van der Waals surface area (Å²) in [6.07, 6.45) is -0.909. The lowest BCUT2D eigenvalue weighted by Gasteiger charge is -2.18. The van der Waals surface area contributed by atoms with Gasteiger partial charge in [0.2, 0.25) is 0 Å². The van der Waals surface area contributed by atoms with E-state index >= 15 is 0 Å². The number of hydrogen-bond donors (Lipinski definition) is 2. The molecule has 20 heavy (non-hydrogen) atoms. The third-order valence-electron chi connectivity index (χ3n) is 3.74. The zero-order chi connectivity index (χ0) is 14.8. The van der Waals surface area contributed by atoms with Crippen LogP contribution < -0.4 is 0 Å². The van der Waals surface area contributed by atoms with E-state index in [4.69, 9.17) is 5.26 Å². The molecule has 0 radical (unpaired) electrons. The zero-order valence-electron chi connectivity index (χ0n) is 11.2. The number of aliphatic hydroxyl groups excluding tert-OH is 2. The standard InChI is InChI=1S/C15H17NO4/c1-20-13(18)8-12(17)14(19)10-2-4-11(5-3-10)15(9-16)6-7-15/h2-5,12,14,17,19H,6-8H2,1H3. The molecule has 1 saturated carbocycles. The molecule has 0 spiro atoms. The Morgan fingerprint density at radius 3 is 2.45 bits per heavy atom. The van der Waals surface area contributed by atoms with Crippen molar-refractivity contribution >= 4 is 5.97 Å². The van der Waals surface area contributed by atoms with E-state index in [2.05, 4.69) is 10.8 Å². The fourth-order valence-electron chi connectivity index (χ4n) is 2.18. The molecular formula is C15H17NO4. The zero-order valence-corrected chi connectivity index (χ0v) is 11.2. The first-order valence-electron chi connectivity index (χ1n) is 6.47. The number of rotatable bonds is 5. The molecule has 0 aliphatic heterocycles. The minimum atomic E-state index is -1.21. The number of esters is 1. The van der Waals surface area contributed by atoms with Crippen LogP contribution in [0, 0.1) is 11.3 Å². The summed E-state index contributed by atoms with van der Waals surface area (Å²) in [6.45, 7) is 0. The quantitative estimate of drug-likeness (QED) is 0.788. The second-order valence-corrected chi connectivity index (χ2v) is 5.11. The number of nitriles is 1. The lowest BCUT2D eigenvalue weighted by Crippen LogP contribution is -2.22. The smallest absolute Gasteiger partial charge is 0.308 e. The minimum absolute atomic E-state index is 0.262. The summed E-state index contributed by atoms with van der Waals surface area (Å²) in [6, 6.07) is 9.24. The molecule has 0 amide bonds. The van der Waals surface area contributed by atoms with E-state index in [1.807, 2.05) is 0 Å². The van der Waals surface area contributed by atoms with Gasteiger partial charge in [0.15, 0.2) is 0 Å². The van der Waals surface area contributed by atoms with Gasteiger partial charge in [-0.25, -0.2) is 0 Å². The van der Waals surface area contributed by atoms with Crippen LogP contribution in [0.1, 0.15) is 36.5 Å². The number of ether oxygens (including phenoxy) is 1. The van der Waals surface area contributed by atoms with E-state index in [0.29, 0.717) is 5.56 Å². The molecule has 1 aromatic carbocycles. The molecule has 2 N–H and O–H groups in total. The summed E-state index contributed by atoms with van der Waals surface area (Å²) in [5.74, 6) is -0.574. The maximum Gasteiger partial charge on any atom is 0.308 e. The van der Waals surface area contributed by atoms with Gasteiger partial charge in [0.25, 0.3) is 0 Å². The molecule has 1 aromatic rings. The van der Waals surface area contributed by atoms with Crippen LogP contribution in [0.15, 0.2) is 24.3 Å². The largest absolute Gasteiger partial charge is 0.469 e.